The highest BCUT2D eigenvalue weighted by Gasteiger charge is 2.18. The molecule has 148 valence electrons. The smallest absolute Gasteiger partial charge is 0.220 e. The van der Waals surface area contributed by atoms with Crippen LogP contribution in [0.3, 0.4) is 0 Å². The van der Waals surface area contributed by atoms with Crippen LogP contribution in [0.2, 0.25) is 0 Å². The Labute approximate surface area is 160 Å². The van der Waals surface area contributed by atoms with Crippen LogP contribution >= 0.6 is 0 Å². The van der Waals surface area contributed by atoms with Crippen LogP contribution in [0.15, 0.2) is 12.1 Å². The molecule has 3 rings (SSSR count). The van der Waals surface area contributed by atoms with Crippen LogP contribution in [0.4, 0.5) is 4.39 Å². The van der Waals surface area contributed by atoms with Gasteiger partial charge in [0.2, 0.25) is 5.91 Å². The van der Waals surface area contributed by atoms with Crippen LogP contribution in [0.1, 0.15) is 43.5 Å². The van der Waals surface area contributed by atoms with Crippen LogP contribution in [-0.2, 0) is 22.5 Å². The number of H-pyrrole nitrogens is 1. The van der Waals surface area contributed by atoms with E-state index in [9.17, 15) is 9.18 Å². The van der Waals surface area contributed by atoms with E-state index in [4.69, 9.17) is 4.74 Å². The highest BCUT2D eigenvalue weighted by molar-refractivity contribution is 5.87. The van der Waals surface area contributed by atoms with Gasteiger partial charge in [0.05, 0.1) is 18.7 Å². The lowest BCUT2D eigenvalue weighted by molar-refractivity contribution is -0.121. The fraction of sp³-hybridized carbons (Fsp3) is 0.571. The highest BCUT2D eigenvalue weighted by atomic mass is 19.1. The molecule has 0 spiro atoms. The maximum absolute atomic E-state index is 14.0. The Kier molecular flexibility index (Phi) is 6.50. The molecule has 1 saturated heterocycles. The molecule has 1 aromatic carbocycles. The highest BCUT2D eigenvalue weighted by Crippen LogP contribution is 2.26. The van der Waals surface area contributed by atoms with E-state index in [1.807, 2.05) is 6.92 Å². The number of aromatic amines is 1. The first-order valence-electron chi connectivity index (χ1n) is 9.87. The second-order valence-corrected chi connectivity index (χ2v) is 7.38. The number of halogens is 1. The van der Waals surface area contributed by atoms with Gasteiger partial charge in [-0.05, 0) is 49.9 Å². The largest absolute Gasteiger partial charge is 0.379 e. The van der Waals surface area contributed by atoms with Crippen LogP contribution in [-0.4, -0.2) is 48.1 Å². The molecule has 0 saturated carbocycles. The van der Waals surface area contributed by atoms with E-state index in [1.165, 1.54) is 6.07 Å². The number of rotatable bonds is 7. The molecular weight excluding hydrogens is 345 g/mol. The van der Waals surface area contributed by atoms with Crippen molar-refractivity contribution in [1.82, 2.24) is 15.2 Å². The van der Waals surface area contributed by atoms with Crippen LogP contribution in [0.5, 0.6) is 0 Å². The molecule has 1 amide bonds. The summed E-state index contributed by atoms with van der Waals surface area (Å²) >= 11 is 0. The predicted molar refractivity (Wildman–Crippen MR) is 105 cm³/mol. The summed E-state index contributed by atoms with van der Waals surface area (Å²) in [7, 11) is 0. The first-order chi connectivity index (χ1) is 13.0. The zero-order chi connectivity index (χ0) is 19.4. The molecule has 6 heteroatoms. The number of ether oxygens (including phenoxy) is 1. The summed E-state index contributed by atoms with van der Waals surface area (Å²) < 4.78 is 19.4. The topological polar surface area (TPSA) is 57.4 Å². The Hall–Kier alpha value is -1.92. The summed E-state index contributed by atoms with van der Waals surface area (Å²) in [4.78, 5) is 18.0. The van der Waals surface area contributed by atoms with Crippen molar-refractivity contribution in [2.45, 2.75) is 52.6 Å². The summed E-state index contributed by atoms with van der Waals surface area (Å²) in [6.45, 7) is 9.96. The van der Waals surface area contributed by atoms with Gasteiger partial charge in [-0.2, -0.15) is 0 Å². The third kappa shape index (κ3) is 4.68. The number of nitrogens with zero attached hydrogens (tertiary/aromatic N) is 1. The molecule has 1 atom stereocenters. The van der Waals surface area contributed by atoms with Crippen molar-refractivity contribution < 1.29 is 13.9 Å². The Morgan fingerprint density at radius 1 is 1.37 bits per heavy atom. The third-order valence-electron chi connectivity index (χ3n) is 5.61. The summed E-state index contributed by atoms with van der Waals surface area (Å²) in [5.74, 6) is -0.260. The monoisotopic (exact) mass is 375 g/mol. The molecular formula is C21H30FN3O2. The van der Waals surface area contributed by atoms with Crippen molar-refractivity contribution in [2.24, 2.45) is 0 Å². The van der Waals surface area contributed by atoms with E-state index < -0.39 is 0 Å². The minimum absolute atomic E-state index is 0.00603. The van der Waals surface area contributed by atoms with Crippen LogP contribution < -0.4 is 5.32 Å². The van der Waals surface area contributed by atoms with Gasteiger partial charge in [0.15, 0.2) is 0 Å². The van der Waals surface area contributed by atoms with E-state index in [0.717, 1.165) is 66.9 Å². The molecule has 0 bridgehead atoms. The van der Waals surface area contributed by atoms with Crippen molar-refractivity contribution in [1.29, 1.82) is 0 Å². The fourth-order valence-corrected chi connectivity index (χ4v) is 3.83. The standard InChI is InChI=1S/C21H30FN3O2/c1-4-19-15(3)18-12-17(22)11-16(21(18)24-19)13-23-20(26)6-5-14(2)25-7-9-27-10-8-25/h11-12,14,24H,4-10,13H2,1-3H3,(H,23,26)/t14-/m0/s1. The zero-order valence-electron chi connectivity index (χ0n) is 16.5. The maximum Gasteiger partial charge on any atom is 0.220 e. The molecule has 1 aliphatic rings. The Morgan fingerprint density at radius 3 is 2.81 bits per heavy atom. The first-order valence-corrected chi connectivity index (χ1v) is 9.87. The van der Waals surface area contributed by atoms with Gasteiger partial charge < -0.3 is 15.0 Å². The van der Waals surface area contributed by atoms with Gasteiger partial charge in [-0.15, -0.1) is 0 Å². The molecule has 27 heavy (non-hydrogen) atoms. The lowest BCUT2D eigenvalue weighted by Gasteiger charge is -2.32. The first kappa shape index (κ1) is 19.8. The van der Waals surface area contributed by atoms with Crippen LogP contribution in [0.25, 0.3) is 10.9 Å². The minimum atomic E-state index is -0.266. The van der Waals surface area contributed by atoms with Crippen molar-refractivity contribution in [3.8, 4) is 0 Å². The Bertz CT molecular complexity index is 796. The van der Waals surface area contributed by atoms with E-state index in [-0.39, 0.29) is 11.7 Å². The van der Waals surface area contributed by atoms with Gasteiger partial charge in [-0.3, -0.25) is 9.69 Å². The number of hydrogen-bond acceptors (Lipinski definition) is 3. The Balaban J connectivity index is 1.58. The van der Waals surface area contributed by atoms with Crippen molar-refractivity contribution in [3.63, 3.8) is 0 Å². The molecule has 2 heterocycles. The number of fused-ring (bicyclic) bond motifs is 1. The van der Waals surface area contributed by atoms with E-state index in [0.29, 0.717) is 19.0 Å². The molecule has 1 aliphatic heterocycles. The lowest BCUT2D eigenvalue weighted by Crippen LogP contribution is -2.42. The summed E-state index contributed by atoms with van der Waals surface area (Å²) in [5.41, 5.74) is 3.91. The summed E-state index contributed by atoms with van der Waals surface area (Å²) in [5, 5.41) is 3.85. The van der Waals surface area contributed by atoms with E-state index in [1.54, 1.807) is 6.07 Å². The van der Waals surface area contributed by atoms with Gasteiger partial charge in [-0.1, -0.05) is 6.92 Å². The molecule has 2 aromatic rings. The number of aryl methyl sites for hydroxylation is 2. The fourth-order valence-electron chi connectivity index (χ4n) is 3.83. The average Bonchev–Trinajstić information content (AvgIpc) is 3.00. The van der Waals surface area contributed by atoms with E-state index in [2.05, 4.69) is 29.0 Å². The van der Waals surface area contributed by atoms with Crippen LogP contribution in [0, 0.1) is 12.7 Å². The quantitative estimate of drug-likeness (QED) is 0.781. The number of carbonyl (C=O) groups excluding carboxylic acids is 1. The second kappa shape index (κ2) is 8.85. The van der Waals surface area contributed by atoms with Gasteiger partial charge in [0.1, 0.15) is 5.82 Å². The van der Waals surface area contributed by atoms with Gasteiger partial charge in [0, 0.05) is 43.2 Å². The normalized spacial score (nSPS) is 16.6. The predicted octanol–water partition coefficient (Wildman–Crippen LogP) is 3.29. The number of nitrogens with one attached hydrogen (secondary N) is 2. The summed E-state index contributed by atoms with van der Waals surface area (Å²) in [6, 6.07) is 3.43. The SMILES string of the molecule is CCc1[nH]c2c(CNC(=O)CC[C@H](C)N3CCOCC3)cc(F)cc2c1C. The molecule has 0 radical (unpaired) electrons. The third-order valence-corrected chi connectivity index (χ3v) is 5.61. The van der Waals surface area contributed by atoms with Crippen molar-refractivity contribution in [3.05, 3.63) is 34.8 Å². The Morgan fingerprint density at radius 2 is 2.11 bits per heavy atom. The number of morpholine rings is 1. The minimum Gasteiger partial charge on any atom is -0.379 e. The molecule has 1 aromatic heterocycles. The lowest BCUT2D eigenvalue weighted by atomic mass is 10.1. The van der Waals surface area contributed by atoms with Crippen molar-refractivity contribution >= 4 is 16.8 Å². The number of benzene rings is 1. The molecule has 0 unspecified atom stereocenters. The molecule has 1 fully saturated rings. The molecule has 0 aliphatic carbocycles. The molecule has 5 nitrogen and oxygen atoms in total. The van der Waals surface area contributed by atoms with Gasteiger partial charge >= 0.3 is 0 Å². The number of aromatic nitrogens is 1. The number of amides is 1. The summed E-state index contributed by atoms with van der Waals surface area (Å²) in [6.07, 6.45) is 2.15. The number of carbonyl (C=O) groups is 1. The second-order valence-electron chi connectivity index (χ2n) is 7.38. The number of hydrogen-bond donors (Lipinski definition) is 2. The van der Waals surface area contributed by atoms with E-state index >= 15 is 0 Å². The van der Waals surface area contributed by atoms with Gasteiger partial charge in [0.25, 0.3) is 0 Å². The van der Waals surface area contributed by atoms with Crippen molar-refractivity contribution in [2.75, 3.05) is 26.3 Å². The maximum atomic E-state index is 14.0. The molecule has 2 N–H and O–H groups in total. The van der Waals surface area contributed by atoms with Gasteiger partial charge in [-0.25, -0.2) is 4.39 Å². The zero-order valence-corrected chi connectivity index (χ0v) is 16.5. The average molecular weight is 375 g/mol.